The summed E-state index contributed by atoms with van der Waals surface area (Å²) in [5.74, 6) is 1.05. The molecule has 1 atom stereocenters. The first-order valence-electron chi connectivity index (χ1n) is 6.07. The zero-order valence-electron chi connectivity index (χ0n) is 9.58. The standard InChI is InChI=1S/C13H15BrN2S/c14-10(8-13-15-5-6-16-13)12-7-9-3-1-2-4-11(9)17-12/h5-7,10H,1-4,8H2,(H,15,16). The Morgan fingerprint density at radius 2 is 2.29 bits per heavy atom. The second-order valence-corrected chi connectivity index (χ2v) is 6.79. The van der Waals surface area contributed by atoms with Crippen molar-refractivity contribution in [3.05, 3.63) is 39.6 Å². The van der Waals surface area contributed by atoms with Crippen molar-refractivity contribution in [3.8, 4) is 0 Å². The lowest BCUT2D eigenvalue weighted by Crippen LogP contribution is -1.96. The first-order chi connectivity index (χ1) is 8.33. The number of aromatic nitrogens is 2. The molecule has 0 fully saturated rings. The number of hydrogen-bond donors (Lipinski definition) is 1. The van der Waals surface area contributed by atoms with E-state index in [4.69, 9.17) is 0 Å². The second kappa shape index (κ2) is 4.94. The van der Waals surface area contributed by atoms with Gasteiger partial charge in [-0.3, -0.25) is 0 Å². The van der Waals surface area contributed by atoms with Crippen LogP contribution in [0.2, 0.25) is 0 Å². The van der Waals surface area contributed by atoms with Crippen molar-refractivity contribution in [1.29, 1.82) is 0 Å². The van der Waals surface area contributed by atoms with Crippen LogP contribution >= 0.6 is 27.3 Å². The van der Waals surface area contributed by atoms with Crippen molar-refractivity contribution in [1.82, 2.24) is 9.97 Å². The minimum atomic E-state index is 0.393. The van der Waals surface area contributed by atoms with Gasteiger partial charge in [0.15, 0.2) is 0 Å². The highest BCUT2D eigenvalue weighted by Crippen LogP contribution is 2.37. The van der Waals surface area contributed by atoms with Gasteiger partial charge in [0.05, 0.1) is 4.83 Å². The summed E-state index contributed by atoms with van der Waals surface area (Å²) < 4.78 is 0. The molecule has 0 saturated heterocycles. The molecule has 2 nitrogen and oxygen atoms in total. The molecule has 0 saturated carbocycles. The number of nitrogens with zero attached hydrogens (tertiary/aromatic N) is 1. The number of thiophene rings is 1. The molecule has 4 heteroatoms. The van der Waals surface area contributed by atoms with Gasteiger partial charge in [0.25, 0.3) is 0 Å². The Morgan fingerprint density at radius 1 is 1.41 bits per heavy atom. The molecule has 1 aliphatic rings. The van der Waals surface area contributed by atoms with Crippen LogP contribution in [-0.2, 0) is 19.3 Å². The number of halogens is 1. The number of H-pyrrole nitrogens is 1. The zero-order valence-corrected chi connectivity index (χ0v) is 12.0. The quantitative estimate of drug-likeness (QED) is 0.852. The molecule has 17 heavy (non-hydrogen) atoms. The van der Waals surface area contributed by atoms with Crippen molar-refractivity contribution in [2.24, 2.45) is 0 Å². The maximum atomic E-state index is 4.28. The van der Waals surface area contributed by atoms with Crippen LogP contribution in [0.5, 0.6) is 0 Å². The first kappa shape index (κ1) is 11.5. The summed E-state index contributed by atoms with van der Waals surface area (Å²) >= 11 is 5.76. The lowest BCUT2D eigenvalue weighted by molar-refractivity contribution is 0.697. The summed E-state index contributed by atoms with van der Waals surface area (Å²) in [6.07, 6.45) is 9.90. The third-order valence-corrected chi connectivity index (χ3v) is 5.72. The van der Waals surface area contributed by atoms with Gasteiger partial charge >= 0.3 is 0 Å². The normalized spacial score (nSPS) is 16.8. The fourth-order valence-electron chi connectivity index (χ4n) is 2.35. The Hall–Kier alpha value is -0.610. The van der Waals surface area contributed by atoms with Crippen LogP contribution in [0.1, 0.15) is 38.8 Å². The lowest BCUT2D eigenvalue weighted by Gasteiger charge is -2.08. The number of fused-ring (bicyclic) bond motifs is 1. The van der Waals surface area contributed by atoms with Gasteiger partial charge in [-0.2, -0.15) is 0 Å². The Bertz CT molecular complexity index is 466. The third-order valence-electron chi connectivity index (χ3n) is 3.25. The van der Waals surface area contributed by atoms with E-state index in [9.17, 15) is 0 Å². The van der Waals surface area contributed by atoms with Crippen molar-refractivity contribution >= 4 is 27.3 Å². The minimum absolute atomic E-state index is 0.393. The van der Waals surface area contributed by atoms with Crippen LogP contribution in [-0.4, -0.2) is 9.97 Å². The molecule has 0 bridgehead atoms. The van der Waals surface area contributed by atoms with Crippen LogP contribution in [0, 0.1) is 0 Å². The number of imidazole rings is 1. The highest BCUT2D eigenvalue weighted by molar-refractivity contribution is 9.09. The van der Waals surface area contributed by atoms with E-state index in [0.29, 0.717) is 4.83 Å². The molecular weight excluding hydrogens is 296 g/mol. The van der Waals surface area contributed by atoms with Crippen molar-refractivity contribution < 1.29 is 0 Å². The highest BCUT2D eigenvalue weighted by Gasteiger charge is 2.18. The number of aromatic amines is 1. The van der Waals surface area contributed by atoms with Crippen LogP contribution in [0.15, 0.2) is 18.5 Å². The molecule has 1 unspecified atom stereocenters. The average Bonchev–Trinajstić information content (AvgIpc) is 2.96. The van der Waals surface area contributed by atoms with E-state index >= 15 is 0 Å². The SMILES string of the molecule is BrC(Cc1ncc[nH]1)c1cc2c(s1)CCCC2. The number of hydrogen-bond acceptors (Lipinski definition) is 2. The van der Waals surface area contributed by atoms with E-state index in [2.05, 4.69) is 32.0 Å². The Labute approximate surface area is 114 Å². The smallest absolute Gasteiger partial charge is 0.107 e. The monoisotopic (exact) mass is 310 g/mol. The molecule has 0 radical (unpaired) electrons. The molecule has 1 N–H and O–H groups in total. The van der Waals surface area contributed by atoms with E-state index in [-0.39, 0.29) is 0 Å². The van der Waals surface area contributed by atoms with Gasteiger partial charge in [0, 0.05) is 28.6 Å². The summed E-state index contributed by atoms with van der Waals surface area (Å²) in [5, 5.41) is 0. The summed E-state index contributed by atoms with van der Waals surface area (Å²) in [5.41, 5.74) is 1.58. The second-order valence-electron chi connectivity index (χ2n) is 4.51. The van der Waals surface area contributed by atoms with Gasteiger partial charge in [-0.1, -0.05) is 15.9 Å². The Balaban J connectivity index is 1.77. The Kier molecular flexibility index (Phi) is 3.34. The maximum absolute atomic E-state index is 4.28. The molecule has 0 amide bonds. The van der Waals surface area contributed by atoms with Crippen molar-refractivity contribution in [3.63, 3.8) is 0 Å². The van der Waals surface area contributed by atoms with Gasteiger partial charge in [0.2, 0.25) is 0 Å². The van der Waals surface area contributed by atoms with Crippen LogP contribution in [0.25, 0.3) is 0 Å². The fraction of sp³-hybridized carbons (Fsp3) is 0.462. The zero-order chi connectivity index (χ0) is 11.7. The number of alkyl halides is 1. The molecule has 1 aliphatic carbocycles. The molecule has 0 aliphatic heterocycles. The van der Waals surface area contributed by atoms with Crippen molar-refractivity contribution in [2.45, 2.75) is 36.9 Å². The fourth-order valence-corrected chi connectivity index (χ4v) is 4.30. The predicted molar refractivity (Wildman–Crippen MR) is 74.9 cm³/mol. The first-order valence-corrected chi connectivity index (χ1v) is 7.80. The third kappa shape index (κ3) is 2.47. The van der Waals surface area contributed by atoms with E-state index in [1.807, 2.05) is 23.7 Å². The van der Waals surface area contributed by atoms with Crippen LogP contribution in [0.4, 0.5) is 0 Å². The van der Waals surface area contributed by atoms with Crippen molar-refractivity contribution in [2.75, 3.05) is 0 Å². The van der Waals surface area contributed by atoms with E-state index < -0.39 is 0 Å². The molecule has 2 aromatic heterocycles. The lowest BCUT2D eigenvalue weighted by atomic mass is 9.99. The largest absolute Gasteiger partial charge is 0.349 e. The molecule has 0 aromatic carbocycles. The van der Waals surface area contributed by atoms with E-state index in [1.54, 1.807) is 10.4 Å². The van der Waals surface area contributed by atoms with Crippen LogP contribution in [0.3, 0.4) is 0 Å². The molecule has 90 valence electrons. The van der Waals surface area contributed by atoms with Gasteiger partial charge in [0.1, 0.15) is 5.82 Å². The van der Waals surface area contributed by atoms with Crippen LogP contribution < -0.4 is 0 Å². The van der Waals surface area contributed by atoms with Gasteiger partial charge in [-0.05, 0) is 37.3 Å². The molecule has 3 rings (SSSR count). The summed E-state index contributed by atoms with van der Waals surface area (Å²) in [6.45, 7) is 0. The average molecular weight is 311 g/mol. The molecular formula is C13H15BrN2S. The Morgan fingerprint density at radius 3 is 3.06 bits per heavy atom. The van der Waals surface area contributed by atoms with Gasteiger partial charge in [-0.15, -0.1) is 11.3 Å². The summed E-state index contributed by atoms with van der Waals surface area (Å²) in [4.78, 5) is 10.9. The number of aryl methyl sites for hydroxylation is 2. The molecule has 2 heterocycles. The minimum Gasteiger partial charge on any atom is -0.349 e. The molecule has 0 spiro atoms. The maximum Gasteiger partial charge on any atom is 0.107 e. The highest BCUT2D eigenvalue weighted by atomic mass is 79.9. The van der Waals surface area contributed by atoms with E-state index in [1.165, 1.54) is 30.6 Å². The van der Waals surface area contributed by atoms with Gasteiger partial charge < -0.3 is 4.98 Å². The summed E-state index contributed by atoms with van der Waals surface area (Å²) in [6, 6.07) is 2.39. The summed E-state index contributed by atoms with van der Waals surface area (Å²) in [7, 11) is 0. The molecule has 2 aromatic rings. The number of rotatable bonds is 3. The number of nitrogens with one attached hydrogen (secondary N) is 1. The predicted octanol–water partition coefficient (Wildman–Crippen LogP) is 4.03. The topological polar surface area (TPSA) is 28.7 Å². The van der Waals surface area contributed by atoms with E-state index in [0.717, 1.165) is 12.2 Å². The van der Waals surface area contributed by atoms with Gasteiger partial charge in [-0.25, -0.2) is 4.98 Å².